The minimum Gasteiger partial charge on any atom is -0.350 e. The number of carbonyl (C=O) groups is 2. The molecule has 0 unspecified atom stereocenters. The fraction of sp³-hybridized carbons (Fsp3) is 0.103. The summed E-state index contributed by atoms with van der Waals surface area (Å²) in [6.07, 6.45) is 6.41. The van der Waals surface area contributed by atoms with Crippen molar-refractivity contribution < 1.29 is 14.0 Å². The van der Waals surface area contributed by atoms with Crippen LogP contribution in [0.2, 0.25) is 0 Å². The highest BCUT2D eigenvalue weighted by Gasteiger charge is 2.15. The van der Waals surface area contributed by atoms with Gasteiger partial charge in [-0.2, -0.15) is 0 Å². The lowest BCUT2D eigenvalue weighted by Crippen LogP contribution is -2.22. The van der Waals surface area contributed by atoms with Crippen molar-refractivity contribution in [1.29, 1.82) is 0 Å². The zero-order valence-corrected chi connectivity index (χ0v) is 21.1. The first kappa shape index (κ1) is 26.0. The lowest BCUT2D eigenvalue weighted by Gasteiger charge is -2.20. The van der Waals surface area contributed by atoms with E-state index in [9.17, 15) is 18.8 Å². The number of aldehydes is 1. The molecule has 0 fully saturated rings. The molecule has 4 aromatic rings. The Labute approximate surface area is 219 Å². The molecule has 1 amide bonds. The van der Waals surface area contributed by atoms with Crippen LogP contribution in [0.25, 0.3) is 11.3 Å². The fourth-order valence-electron chi connectivity index (χ4n) is 3.89. The van der Waals surface area contributed by atoms with Gasteiger partial charge in [-0.3, -0.25) is 19.3 Å². The predicted octanol–water partition coefficient (Wildman–Crippen LogP) is 5.02. The molecule has 0 aliphatic rings. The van der Waals surface area contributed by atoms with E-state index in [1.54, 1.807) is 74.0 Å². The summed E-state index contributed by atoms with van der Waals surface area (Å²) in [7, 11) is 3.44. The first-order chi connectivity index (χ1) is 18.3. The third-order valence-electron chi connectivity index (χ3n) is 6.04. The van der Waals surface area contributed by atoms with Gasteiger partial charge in [0.25, 0.3) is 5.56 Å². The highest BCUT2D eigenvalue weighted by Crippen LogP contribution is 2.30. The summed E-state index contributed by atoms with van der Waals surface area (Å²) >= 11 is 0. The SMILES string of the molecule is Cc1c(-c2cn(C)c(=O)c(Nc3ccc(C=O)cc3)n2)cccc1N(C=O)/C=C\N(C)c1ccc(F)cc1. The number of anilines is 4. The van der Waals surface area contributed by atoms with Crippen LogP contribution in [-0.4, -0.2) is 29.3 Å². The van der Waals surface area contributed by atoms with E-state index in [-0.39, 0.29) is 17.2 Å². The molecule has 0 saturated carbocycles. The number of amides is 1. The number of halogens is 1. The number of nitrogens with one attached hydrogen (secondary N) is 1. The molecule has 1 heterocycles. The summed E-state index contributed by atoms with van der Waals surface area (Å²) < 4.78 is 14.7. The molecule has 9 heteroatoms. The third kappa shape index (κ3) is 5.67. The molecule has 38 heavy (non-hydrogen) atoms. The number of carbonyl (C=O) groups excluding carboxylic acids is 2. The Hall–Kier alpha value is -5.05. The zero-order chi connectivity index (χ0) is 27.2. The number of benzene rings is 3. The van der Waals surface area contributed by atoms with Gasteiger partial charge in [0.1, 0.15) is 12.1 Å². The van der Waals surface area contributed by atoms with Crippen molar-refractivity contribution in [3.05, 3.63) is 113 Å². The van der Waals surface area contributed by atoms with Crippen LogP contribution in [0, 0.1) is 12.7 Å². The van der Waals surface area contributed by atoms with Crippen LogP contribution in [0.15, 0.2) is 90.1 Å². The second kappa shape index (κ2) is 11.3. The standard InChI is InChI=1S/C29H26FN5O3/c1-20-25(26-17-34(3)29(38)28(32-26)31-23-11-7-21(18-36)8-12-23)5-4-6-27(20)35(19-37)16-15-33(2)24-13-9-22(30)10-14-24/h4-19H,1-3H3,(H,31,32)/b16-15-. The van der Waals surface area contributed by atoms with E-state index in [2.05, 4.69) is 10.3 Å². The van der Waals surface area contributed by atoms with Gasteiger partial charge >= 0.3 is 0 Å². The van der Waals surface area contributed by atoms with Gasteiger partial charge < -0.3 is 14.8 Å². The van der Waals surface area contributed by atoms with Crippen LogP contribution in [-0.2, 0) is 11.8 Å². The van der Waals surface area contributed by atoms with Crippen molar-refractivity contribution in [3.8, 4) is 11.3 Å². The van der Waals surface area contributed by atoms with Crippen LogP contribution >= 0.6 is 0 Å². The molecule has 3 aromatic carbocycles. The smallest absolute Gasteiger partial charge is 0.293 e. The van der Waals surface area contributed by atoms with Crippen molar-refractivity contribution in [2.24, 2.45) is 7.05 Å². The summed E-state index contributed by atoms with van der Waals surface area (Å²) in [5.41, 5.74) is 4.27. The maximum absolute atomic E-state index is 13.2. The van der Waals surface area contributed by atoms with Gasteiger partial charge in [0.2, 0.25) is 6.41 Å². The van der Waals surface area contributed by atoms with Gasteiger partial charge in [0.15, 0.2) is 5.82 Å². The molecule has 1 aromatic heterocycles. The Kier molecular flexibility index (Phi) is 7.77. The van der Waals surface area contributed by atoms with E-state index in [0.717, 1.165) is 23.1 Å². The maximum Gasteiger partial charge on any atom is 0.293 e. The van der Waals surface area contributed by atoms with Crippen LogP contribution in [0.3, 0.4) is 0 Å². The quantitative estimate of drug-likeness (QED) is 0.318. The second-order valence-corrected chi connectivity index (χ2v) is 8.60. The second-order valence-electron chi connectivity index (χ2n) is 8.60. The molecule has 192 valence electrons. The predicted molar refractivity (Wildman–Crippen MR) is 147 cm³/mol. The fourth-order valence-corrected chi connectivity index (χ4v) is 3.89. The lowest BCUT2D eigenvalue weighted by molar-refractivity contribution is -0.106. The number of aromatic nitrogens is 2. The first-order valence-corrected chi connectivity index (χ1v) is 11.7. The summed E-state index contributed by atoms with van der Waals surface area (Å²) in [5.74, 6) is -0.198. The van der Waals surface area contributed by atoms with Crippen LogP contribution < -0.4 is 20.7 Å². The molecule has 0 saturated heterocycles. The van der Waals surface area contributed by atoms with Crippen molar-refractivity contribution >= 4 is 35.6 Å². The van der Waals surface area contributed by atoms with Crippen molar-refractivity contribution in [2.75, 3.05) is 22.2 Å². The summed E-state index contributed by atoms with van der Waals surface area (Å²) in [6.45, 7) is 1.87. The van der Waals surface area contributed by atoms with E-state index in [1.807, 2.05) is 25.1 Å². The highest BCUT2D eigenvalue weighted by atomic mass is 19.1. The largest absolute Gasteiger partial charge is 0.350 e. The Morgan fingerprint density at radius 2 is 1.68 bits per heavy atom. The van der Waals surface area contributed by atoms with Gasteiger partial charge in [0.05, 0.1) is 11.4 Å². The van der Waals surface area contributed by atoms with E-state index in [1.165, 1.54) is 21.6 Å². The minimum absolute atomic E-state index is 0.127. The first-order valence-electron chi connectivity index (χ1n) is 11.7. The Balaban J connectivity index is 1.65. The highest BCUT2D eigenvalue weighted by molar-refractivity contribution is 5.83. The molecule has 0 atom stereocenters. The van der Waals surface area contributed by atoms with Crippen LogP contribution in [0.4, 0.5) is 27.3 Å². The Bertz CT molecular complexity index is 1550. The molecule has 1 N–H and O–H groups in total. The summed E-state index contributed by atoms with van der Waals surface area (Å²) in [4.78, 5) is 43.5. The van der Waals surface area contributed by atoms with Gasteiger partial charge in [-0.15, -0.1) is 0 Å². The number of nitrogens with zero attached hydrogens (tertiary/aromatic N) is 4. The molecule has 0 radical (unpaired) electrons. The molecule has 8 nitrogen and oxygen atoms in total. The number of aryl methyl sites for hydroxylation is 1. The minimum atomic E-state index is -0.325. The third-order valence-corrected chi connectivity index (χ3v) is 6.04. The average Bonchev–Trinajstić information content (AvgIpc) is 2.93. The van der Waals surface area contributed by atoms with Crippen molar-refractivity contribution in [3.63, 3.8) is 0 Å². The number of rotatable bonds is 9. The van der Waals surface area contributed by atoms with E-state index in [4.69, 9.17) is 0 Å². The van der Waals surface area contributed by atoms with Crippen molar-refractivity contribution in [1.82, 2.24) is 9.55 Å². The van der Waals surface area contributed by atoms with E-state index >= 15 is 0 Å². The molecular weight excluding hydrogens is 485 g/mol. The number of hydrogen-bond donors (Lipinski definition) is 1. The van der Waals surface area contributed by atoms with E-state index < -0.39 is 0 Å². The number of hydrogen-bond acceptors (Lipinski definition) is 6. The molecule has 4 rings (SSSR count). The van der Waals surface area contributed by atoms with E-state index in [0.29, 0.717) is 29.0 Å². The maximum atomic E-state index is 13.2. The monoisotopic (exact) mass is 511 g/mol. The summed E-state index contributed by atoms with van der Waals surface area (Å²) in [6, 6.07) is 18.2. The molecular formula is C29H26FN5O3. The molecule has 0 bridgehead atoms. The lowest BCUT2D eigenvalue weighted by atomic mass is 10.0. The van der Waals surface area contributed by atoms with Gasteiger partial charge in [0, 0.05) is 55.2 Å². The molecule has 0 aliphatic heterocycles. The van der Waals surface area contributed by atoms with Crippen LogP contribution in [0.1, 0.15) is 15.9 Å². The summed E-state index contributed by atoms with van der Waals surface area (Å²) in [5, 5.41) is 3.03. The molecule has 0 aliphatic carbocycles. The topological polar surface area (TPSA) is 87.5 Å². The van der Waals surface area contributed by atoms with Gasteiger partial charge in [-0.05, 0) is 67.1 Å². The van der Waals surface area contributed by atoms with Crippen molar-refractivity contribution in [2.45, 2.75) is 6.92 Å². The Morgan fingerprint density at radius 1 is 0.974 bits per heavy atom. The zero-order valence-electron chi connectivity index (χ0n) is 21.1. The normalized spacial score (nSPS) is 10.8. The van der Waals surface area contributed by atoms with Gasteiger partial charge in [-0.1, -0.05) is 12.1 Å². The van der Waals surface area contributed by atoms with Crippen LogP contribution in [0.5, 0.6) is 0 Å². The molecule has 0 spiro atoms. The Morgan fingerprint density at radius 3 is 2.34 bits per heavy atom. The van der Waals surface area contributed by atoms with Gasteiger partial charge in [-0.25, -0.2) is 9.37 Å². The average molecular weight is 512 g/mol.